The lowest BCUT2D eigenvalue weighted by molar-refractivity contribution is -0.274. The number of nitrogens with zero attached hydrogens (tertiary/aromatic N) is 5. The maximum Gasteiger partial charge on any atom is 0.573 e. The van der Waals surface area contributed by atoms with Crippen molar-refractivity contribution >= 4 is 17.4 Å². The van der Waals surface area contributed by atoms with Gasteiger partial charge in [-0.1, -0.05) is 38.1 Å². The molecule has 2 heterocycles. The quantitative estimate of drug-likeness (QED) is 0.164. The van der Waals surface area contributed by atoms with Crippen LogP contribution < -0.4 is 14.9 Å². The Hall–Kier alpha value is -4.78. The second kappa shape index (κ2) is 13.7. The monoisotopic (exact) mass is 652 g/mol. The van der Waals surface area contributed by atoms with Crippen molar-refractivity contribution < 1.29 is 27.1 Å². The first kappa shape index (κ1) is 32.6. The topological polar surface area (TPSA) is 86.3 Å². The number of alkyl halides is 3. The Labute approximate surface area is 267 Å². The van der Waals surface area contributed by atoms with Gasteiger partial charge in [0.15, 0.2) is 10.6 Å². The lowest BCUT2D eigenvalue weighted by Gasteiger charge is -2.15. The fourth-order valence-electron chi connectivity index (χ4n) is 4.88. The highest BCUT2D eigenvalue weighted by Crippen LogP contribution is 2.26. The minimum absolute atomic E-state index is 0.0815. The molecule has 0 aliphatic heterocycles. The Morgan fingerprint density at radius 1 is 1.04 bits per heavy atom. The van der Waals surface area contributed by atoms with Gasteiger partial charge in [0.25, 0.3) is 0 Å². The normalized spacial score (nSPS) is 12.8. The lowest BCUT2D eigenvalue weighted by Crippen LogP contribution is -2.32. The zero-order valence-electron chi connectivity index (χ0n) is 25.5. The highest BCUT2D eigenvalue weighted by Gasteiger charge is 2.31. The molecule has 2 aromatic heterocycles. The zero-order chi connectivity index (χ0) is 33.0. The number of benzene rings is 3. The molecular weight excluding hydrogens is 620 g/mol. The molecule has 46 heavy (non-hydrogen) atoms. The van der Waals surface area contributed by atoms with Gasteiger partial charge in [0.05, 0.1) is 11.4 Å². The van der Waals surface area contributed by atoms with E-state index in [4.69, 9.17) is 0 Å². The summed E-state index contributed by atoms with van der Waals surface area (Å²) in [6, 6.07) is 17.1. The predicted octanol–water partition coefficient (Wildman–Crippen LogP) is 7.89. The summed E-state index contributed by atoms with van der Waals surface area (Å²) in [4.78, 5) is 22.0. The minimum Gasteiger partial charge on any atom is -0.406 e. The summed E-state index contributed by atoms with van der Waals surface area (Å²) >= 11 is 1.35. The summed E-state index contributed by atoms with van der Waals surface area (Å²) in [5.74, 6) is -0.0772. The first-order valence-corrected chi connectivity index (χ1v) is 15.4. The Morgan fingerprint density at radius 3 is 2.43 bits per heavy atom. The number of nitrogens with one attached hydrogen (secondary N) is 1. The average molecular weight is 653 g/mol. The van der Waals surface area contributed by atoms with Crippen LogP contribution in [-0.4, -0.2) is 37.8 Å². The second-order valence-electron chi connectivity index (χ2n) is 11.1. The number of amides is 2. The molecule has 0 aliphatic carbocycles. The number of ether oxygens (including phenoxy) is 1. The van der Waals surface area contributed by atoms with E-state index in [1.54, 1.807) is 6.07 Å². The number of urea groups is 1. The summed E-state index contributed by atoms with van der Waals surface area (Å²) < 4.78 is 58.5. The maximum absolute atomic E-state index is 14.0. The van der Waals surface area contributed by atoms with Gasteiger partial charge in [0, 0.05) is 22.7 Å². The number of carbonyl (C=O) groups excluding carboxylic acids is 1. The van der Waals surface area contributed by atoms with E-state index in [9.17, 15) is 22.4 Å². The van der Waals surface area contributed by atoms with Gasteiger partial charge < -0.3 is 10.1 Å². The summed E-state index contributed by atoms with van der Waals surface area (Å²) in [6.07, 6.45) is -1.88. The minimum atomic E-state index is -4.76. The van der Waals surface area contributed by atoms with Crippen molar-refractivity contribution in [1.82, 2.24) is 24.6 Å². The highest BCUT2D eigenvalue weighted by molar-refractivity contribution is 7.07. The van der Waals surface area contributed by atoms with Crippen LogP contribution in [0.5, 0.6) is 5.75 Å². The van der Waals surface area contributed by atoms with Gasteiger partial charge in [-0.15, -0.1) is 29.6 Å². The molecular formula is C33H32F4N6O2S. The Balaban J connectivity index is 1.18. The molecule has 0 saturated carbocycles. The van der Waals surface area contributed by atoms with Crippen molar-refractivity contribution in [3.63, 3.8) is 0 Å². The number of aryl methyl sites for hydroxylation is 2. The van der Waals surface area contributed by atoms with Gasteiger partial charge in [-0.25, -0.2) is 18.9 Å². The number of hydrogen-bond donors (Lipinski definition) is 1. The molecule has 5 aromatic rings. The van der Waals surface area contributed by atoms with Crippen LogP contribution in [-0.2, 0) is 6.42 Å². The molecule has 0 aliphatic rings. The van der Waals surface area contributed by atoms with Crippen LogP contribution in [0.3, 0.4) is 0 Å². The molecule has 1 N–H and O–H groups in total. The Kier molecular flexibility index (Phi) is 9.71. The first-order chi connectivity index (χ1) is 21.9. The molecule has 8 nitrogen and oxygen atoms in total. The Bertz CT molecular complexity index is 1880. The van der Waals surface area contributed by atoms with Crippen molar-refractivity contribution in [2.45, 2.75) is 58.9 Å². The third-order valence-corrected chi connectivity index (χ3v) is 8.15. The number of hydrogen-bond acceptors (Lipinski definition) is 5. The van der Waals surface area contributed by atoms with Gasteiger partial charge in [0.1, 0.15) is 17.9 Å². The summed E-state index contributed by atoms with van der Waals surface area (Å²) in [7, 11) is 0. The van der Waals surface area contributed by atoms with E-state index < -0.39 is 12.4 Å². The molecule has 0 bridgehead atoms. The first-order valence-electron chi connectivity index (χ1n) is 14.6. The van der Waals surface area contributed by atoms with Crippen molar-refractivity contribution in [3.8, 4) is 28.5 Å². The highest BCUT2D eigenvalue weighted by atomic mass is 32.1. The third-order valence-electron chi connectivity index (χ3n) is 7.20. The van der Waals surface area contributed by atoms with Crippen molar-refractivity contribution in [1.29, 1.82) is 0 Å². The van der Waals surface area contributed by atoms with Gasteiger partial charge in [-0.3, -0.25) is 4.57 Å². The Morgan fingerprint density at radius 2 is 1.76 bits per heavy atom. The van der Waals surface area contributed by atoms with E-state index in [0.29, 0.717) is 29.2 Å². The zero-order valence-corrected chi connectivity index (χ0v) is 26.4. The number of halogens is 4. The van der Waals surface area contributed by atoms with E-state index in [0.717, 1.165) is 28.1 Å². The van der Waals surface area contributed by atoms with Crippen molar-refractivity contribution in [2.75, 3.05) is 0 Å². The largest absolute Gasteiger partial charge is 0.573 e. The molecule has 1 unspecified atom stereocenters. The number of thiazole rings is 1. The van der Waals surface area contributed by atoms with Gasteiger partial charge in [-0.05, 0) is 86.2 Å². The van der Waals surface area contributed by atoms with Crippen LogP contribution in [0.1, 0.15) is 49.9 Å². The molecule has 2 amide bonds. The fraction of sp³-hybridized carbons (Fsp3) is 0.273. The molecule has 13 heteroatoms. The second-order valence-corrected chi connectivity index (χ2v) is 11.9. The number of rotatable bonds is 9. The lowest BCUT2D eigenvalue weighted by atomic mass is 10.0. The van der Waals surface area contributed by atoms with Crippen LogP contribution in [0, 0.1) is 12.7 Å². The van der Waals surface area contributed by atoms with Crippen molar-refractivity contribution in [2.24, 2.45) is 4.99 Å². The van der Waals surface area contributed by atoms with Crippen LogP contribution in [0.25, 0.3) is 22.8 Å². The summed E-state index contributed by atoms with van der Waals surface area (Å²) in [5, 5.41) is 9.30. The molecule has 0 saturated heterocycles. The molecule has 240 valence electrons. The summed E-state index contributed by atoms with van der Waals surface area (Å²) in [6.45, 7) is 7.84. The molecule has 0 radical (unpaired) electrons. The van der Waals surface area contributed by atoms with E-state index in [1.165, 1.54) is 58.7 Å². The van der Waals surface area contributed by atoms with Crippen LogP contribution in [0.2, 0.25) is 0 Å². The fourth-order valence-corrected chi connectivity index (χ4v) is 5.75. The SMILES string of the molecule is Cc1cs/c(=N\C(=O)NC(C)CCc2ccc(-c3ncn(-c4ccc(OC(F)(F)F)cc4)n3)cc2)n1-c1ccc(F)cc1C(C)C. The smallest absolute Gasteiger partial charge is 0.406 e. The summed E-state index contributed by atoms with van der Waals surface area (Å²) in [5.41, 5.74) is 4.91. The third kappa shape index (κ3) is 8.08. The van der Waals surface area contributed by atoms with Gasteiger partial charge in [-0.2, -0.15) is 4.99 Å². The molecule has 5 rings (SSSR count). The average Bonchev–Trinajstić information content (AvgIpc) is 3.63. The maximum atomic E-state index is 14.0. The van der Waals surface area contributed by atoms with Crippen LogP contribution >= 0.6 is 11.3 Å². The molecule has 1 atom stereocenters. The molecule has 0 spiro atoms. The number of carbonyl (C=O) groups is 1. The molecule has 3 aromatic carbocycles. The van der Waals surface area contributed by atoms with Crippen LogP contribution in [0.4, 0.5) is 22.4 Å². The van der Waals surface area contributed by atoms with Gasteiger partial charge >= 0.3 is 12.4 Å². The van der Waals surface area contributed by atoms with E-state index in [2.05, 4.69) is 25.1 Å². The molecule has 0 fully saturated rings. The number of aromatic nitrogens is 4. The van der Waals surface area contributed by atoms with E-state index in [-0.39, 0.29) is 23.5 Å². The standard InChI is InChI=1S/C33H32F4N6O2S/c1-20(2)28-17-25(34)11-16-29(28)43-22(4)18-46-32(43)40-31(44)39-21(3)5-6-23-7-9-24(10-8-23)30-38-19-42(41-30)26-12-14-27(15-13-26)45-33(35,36)37/h7-21H,5-6H2,1-4H3,(H,39,44)/b40-32-. The van der Waals surface area contributed by atoms with Gasteiger partial charge in [0.2, 0.25) is 0 Å². The van der Waals surface area contributed by atoms with E-state index in [1.807, 2.05) is 61.9 Å². The van der Waals surface area contributed by atoms with Crippen molar-refractivity contribution in [3.05, 3.63) is 106 Å². The van der Waals surface area contributed by atoms with Crippen LogP contribution in [0.15, 0.2) is 83.4 Å². The predicted molar refractivity (Wildman–Crippen MR) is 168 cm³/mol. The van der Waals surface area contributed by atoms with E-state index >= 15 is 0 Å².